The molecule has 0 bridgehead atoms. The quantitative estimate of drug-likeness (QED) is 0.775. The summed E-state index contributed by atoms with van der Waals surface area (Å²) in [5.41, 5.74) is 2.99. The van der Waals surface area contributed by atoms with Crippen LogP contribution in [0.25, 0.3) is 0 Å². The Labute approximate surface area is 134 Å². The van der Waals surface area contributed by atoms with Gasteiger partial charge in [-0.15, -0.1) is 0 Å². The number of rotatable bonds is 7. The highest BCUT2D eigenvalue weighted by Crippen LogP contribution is 2.23. The number of carbonyl (C=O) groups excluding carboxylic acids is 2. The average Bonchev–Trinajstić information content (AvgIpc) is 2.47. The summed E-state index contributed by atoms with van der Waals surface area (Å²) in [6.45, 7) is 11.2. The van der Waals surface area contributed by atoms with Crippen LogP contribution < -0.4 is 4.90 Å². The molecular weight excluding hydrogens is 276 g/mol. The van der Waals surface area contributed by atoms with Gasteiger partial charge in [-0.05, 0) is 43.9 Å². The molecule has 0 aliphatic carbocycles. The molecular formula is C18H28N2O2. The van der Waals surface area contributed by atoms with Crippen LogP contribution in [0, 0.1) is 13.8 Å². The fraction of sp³-hybridized carbons (Fsp3) is 0.556. The molecule has 0 unspecified atom stereocenters. The van der Waals surface area contributed by atoms with Gasteiger partial charge in [-0.2, -0.15) is 0 Å². The van der Waals surface area contributed by atoms with E-state index in [2.05, 4.69) is 13.8 Å². The van der Waals surface area contributed by atoms with E-state index in [-0.39, 0.29) is 18.4 Å². The van der Waals surface area contributed by atoms with Crippen molar-refractivity contribution in [3.8, 4) is 0 Å². The Morgan fingerprint density at radius 3 is 2.14 bits per heavy atom. The largest absolute Gasteiger partial charge is 0.341 e. The summed E-state index contributed by atoms with van der Waals surface area (Å²) in [5, 5.41) is 0. The fourth-order valence-corrected chi connectivity index (χ4v) is 2.53. The molecule has 22 heavy (non-hydrogen) atoms. The van der Waals surface area contributed by atoms with Crippen molar-refractivity contribution in [2.45, 2.75) is 47.5 Å². The standard InChI is InChI=1S/C18H28N2O2/c1-6-11-19(12-7-2)18(22)13-20(16(5)21)17-10-8-9-14(3)15(17)4/h8-10H,6-7,11-13H2,1-5H3. The monoisotopic (exact) mass is 304 g/mol. The highest BCUT2D eigenvalue weighted by molar-refractivity contribution is 5.98. The Balaban J connectivity index is 2.99. The first-order valence-electron chi connectivity index (χ1n) is 8.04. The van der Waals surface area contributed by atoms with Gasteiger partial charge < -0.3 is 9.80 Å². The van der Waals surface area contributed by atoms with Gasteiger partial charge in [0, 0.05) is 25.7 Å². The van der Waals surface area contributed by atoms with E-state index >= 15 is 0 Å². The summed E-state index contributed by atoms with van der Waals surface area (Å²) in [5.74, 6) is -0.0881. The van der Waals surface area contributed by atoms with Gasteiger partial charge in [0.25, 0.3) is 0 Å². The molecule has 1 aromatic carbocycles. The van der Waals surface area contributed by atoms with Crippen LogP contribution in [0.4, 0.5) is 5.69 Å². The Kier molecular flexibility index (Phi) is 7.09. The van der Waals surface area contributed by atoms with Crippen LogP contribution in [0.15, 0.2) is 18.2 Å². The molecule has 0 aliphatic heterocycles. The lowest BCUT2D eigenvalue weighted by Crippen LogP contribution is -2.43. The van der Waals surface area contributed by atoms with Crippen LogP contribution in [0.5, 0.6) is 0 Å². The molecule has 122 valence electrons. The molecule has 0 saturated heterocycles. The van der Waals surface area contributed by atoms with E-state index in [9.17, 15) is 9.59 Å². The minimum absolute atomic E-state index is 0.0137. The van der Waals surface area contributed by atoms with Gasteiger partial charge in [-0.1, -0.05) is 26.0 Å². The lowest BCUT2D eigenvalue weighted by molar-refractivity contribution is -0.131. The van der Waals surface area contributed by atoms with Crippen molar-refractivity contribution >= 4 is 17.5 Å². The van der Waals surface area contributed by atoms with Crippen molar-refractivity contribution in [2.24, 2.45) is 0 Å². The van der Waals surface area contributed by atoms with Gasteiger partial charge in [-0.25, -0.2) is 0 Å². The van der Waals surface area contributed by atoms with Crippen LogP contribution in [0.1, 0.15) is 44.7 Å². The number of hydrogen-bond acceptors (Lipinski definition) is 2. The molecule has 0 N–H and O–H groups in total. The van der Waals surface area contributed by atoms with Crippen molar-refractivity contribution in [1.82, 2.24) is 4.90 Å². The third-order valence-electron chi connectivity index (χ3n) is 3.88. The number of nitrogens with zero attached hydrogens (tertiary/aromatic N) is 2. The van der Waals surface area contributed by atoms with Crippen molar-refractivity contribution in [2.75, 3.05) is 24.5 Å². The molecule has 0 aromatic heterocycles. The van der Waals surface area contributed by atoms with Gasteiger partial charge in [0.05, 0.1) is 0 Å². The van der Waals surface area contributed by atoms with Crippen LogP contribution in [0.3, 0.4) is 0 Å². The smallest absolute Gasteiger partial charge is 0.242 e. The zero-order valence-electron chi connectivity index (χ0n) is 14.5. The molecule has 1 aromatic rings. The maximum atomic E-state index is 12.5. The summed E-state index contributed by atoms with van der Waals surface area (Å²) in [7, 11) is 0. The van der Waals surface area contributed by atoms with Gasteiger partial charge in [0.2, 0.25) is 11.8 Å². The predicted molar refractivity (Wildman–Crippen MR) is 91.1 cm³/mol. The third kappa shape index (κ3) is 4.58. The second-order valence-electron chi connectivity index (χ2n) is 5.70. The lowest BCUT2D eigenvalue weighted by Gasteiger charge is -2.28. The first-order valence-corrected chi connectivity index (χ1v) is 8.04. The normalized spacial score (nSPS) is 10.4. The summed E-state index contributed by atoms with van der Waals surface area (Å²) in [6, 6.07) is 5.84. The van der Waals surface area contributed by atoms with E-state index in [1.807, 2.05) is 36.9 Å². The van der Waals surface area contributed by atoms with E-state index in [0.717, 1.165) is 42.7 Å². The molecule has 4 nitrogen and oxygen atoms in total. The Morgan fingerprint density at radius 2 is 1.64 bits per heavy atom. The highest BCUT2D eigenvalue weighted by Gasteiger charge is 2.21. The molecule has 0 spiro atoms. The first kappa shape index (κ1) is 18.2. The number of amides is 2. The molecule has 0 aliphatic rings. The highest BCUT2D eigenvalue weighted by atomic mass is 16.2. The van der Waals surface area contributed by atoms with Gasteiger partial charge in [-0.3, -0.25) is 9.59 Å². The predicted octanol–water partition coefficient (Wildman–Crippen LogP) is 3.30. The molecule has 0 saturated carbocycles. The van der Waals surface area contributed by atoms with E-state index in [1.165, 1.54) is 6.92 Å². The fourth-order valence-electron chi connectivity index (χ4n) is 2.53. The molecule has 0 fully saturated rings. The van der Waals surface area contributed by atoms with E-state index in [1.54, 1.807) is 4.90 Å². The molecule has 0 radical (unpaired) electrons. The Hall–Kier alpha value is -1.84. The number of aryl methyl sites for hydroxylation is 1. The van der Waals surface area contributed by atoms with Crippen LogP contribution in [-0.2, 0) is 9.59 Å². The number of hydrogen-bond donors (Lipinski definition) is 0. The topological polar surface area (TPSA) is 40.6 Å². The molecule has 1 rings (SSSR count). The van der Waals surface area contributed by atoms with Crippen molar-refractivity contribution in [1.29, 1.82) is 0 Å². The number of anilines is 1. The SMILES string of the molecule is CCCN(CCC)C(=O)CN(C(C)=O)c1cccc(C)c1C. The Bertz CT molecular complexity index is 520. The van der Waals surface area contributed by atoms with Crippen molar-refractivity contribution < 1.29 is 9.59 Å². The first-order chi connectivity index (χ1) is 10.4. The maximum Gasteiger partial charge on any atom is 0.242 e. The van der Waals surface area contributed by atoms with Gasteiger partial charge in [0.15, 0.2) is 0 Å². The zero-order valence-corrected chi connectivity index (χ0v) is 14.5. The second kappa shape index (κ2) is 8.57. The van der Waals surface area contributed by atoms with E-state index < -0.39 is 0 Å². The molecule has 0 atom stereocenters. The number of carbonyl (C=O) groups is 2. The van der Waals surface area contributed by atoms with Crippen LogP contribution >= 0.6 is 0 Å². The van der Waals surface area contributed by atoms with E-state index in [0.29, 0.717) is 0 Å². The van der Waals surface area contributed by atoms with E-state index in [4.69, 9.17) is 0 Å². The lowest BCUT2D eigenvalue weighted by atomic mass is 10.1. The van der Waals surface area contributed by atoms with Gasteiger partial charge >= 0.3 is 0 Å². The van der Waals surface area contributed by atoms with Crippen LogP contribution in [0.2, 0.25) is 0 Å². The second-order valence-corrected chi connectivity index (χ2v) is 5.70. The average molecular weight is 304 g/mol. The third-order valence-corrected chi connectivity index (χ3v) is 3.88. The number of benzene rings is 1. The molecule has 0 heterocycles. The van der Waals surface area contributed by atoms with Crippen molar-refractivity contribution in [3.63, 3.8) is 0 Å². The molecule has 2 amide bonds. The summed E-state index contributed by atoms with van der Waals surface area (Å²) in [4.78, 5) is 28.0. The summed E-state index contributed by atoms with van der Waals surface area (Å²) in [6.07, 6.45) is 1.85. The van der Waals surface area contributed by atoms with Crippen LogP contribution in [-0.4, -0.2) is 36.3 Å². The minimum atomic E-state index is -0.102. The van der Waals surface area contributed by atoms with Crippen molar-refractivity contribution in [3.05, 3.63) is 29.3 Å². The maximum absolute atomic E-state index is 12.5. The summed E-state index contributed by atoms with van der Waals surface area (Å²) < 4.78 is 0. The van der Waals surface area contributed by atoms with Gasteiger partial charge in [0.1, 0.15) is 6.54 Å². The minimum Gasteiger partial charge on any atom is -0.341 e. The molecule has 4 heteroatoms. The summed E-state index contributed by atoms with van der Waals surface area (Å²) >= 11 is 0. The zero-order chi connectivity index (χ0) is 16.7. The Morgan fingerprint density at radius 1 is 1.05 bits per heavy atom.